The van der Waals surface area contributed by atoms with Crippen molar-refractivity contribution in [2.45, 2.75) is 20.3 Å². The molecule has 0 aliphatic carbocycles. The van der Waals surface area contributed by atoms with Crippen LogP contribution in [-0.4, -0.2) is 44.5 Å². The molecule has 31 heavy (non-hydrogen) atoms. The molecule has 8 heteroatoms. The number of hydrogen-bond acceptors (Lipinski definition) is 6. The van der Waals surface area contributed by atoms with Gasteiger partial charge in [0.1, 0.15) is 0 Å². The van der Waals surface area contributed by atoms with Crippen LogP contribution in [0.5, 0.6) is 0 Å². The number of esters is 2. The zero-order valence-corrected chi connectivity index (χ0v) is 17.9. The first-order chi connectivity index (χ1) is 14.7. The van der Waals surface area contributed by atoms with Crippen molar-refractivity contribution in [3.8, 4) is 0 Å². The number of benzene rings is 2. The molecule has 0 saturated carbocycles. The summed E-state index contributed by atoms with van der Waals surface area (Å²) in [5, 5.41) is 2.68. The maximum absolute atomic E-state index is 12.9. The number of rotatable bonds is 5. The standard InChI is InChI=1S/C23H24N2O6/c1-13-5-6-14(2)19(9-13)25-12-16(11-20(25)26)21(27)24-18-10-15(22(28)30-3)7-8-17(18)23(29)31-4/h5-10,16H,11-12H2,1-4H3,(H,24,27). The topological polar surface area (TPSA) is 102 Å². The summed E-state index contributed by atoms with van der Waals surface area (Å²) in [5.41, 5.74) is 3.13. The lowest BCUT2D eigenvalue weighted by Gasteiger charge is -2.20. The Kier molecular flexibility index (Phi) is 6.39. The van der Waals surface area contributed by atoms with Gasteiger partial charge in [-0.05, 0) is 49.2 Å². The van der Waals surface area contributed by atoms with Gasteiger partial charge >= 0.3 is 11.9 Å². The summed E-state index contributed by atoms with van der Waals surface area (Å²) in [6.45, 7) is 4.08. The Morgan fingerprint density at radius 2 is 1.71 bits per heavy atom. The first-order valence-electron chi connectivity index (χ1n) is 9.74. The second-order valence-corrected chi connectivity index (χ2v) is 7.43. The lowest BCUT2D eigenvalue weighted by Crippen LogP contribution is -2.29. The van der Waals surface area contributed by atoms with Crippen molar-refractivity contribution in [3.05, 3.63) is 58.7 Å². The molecule has 0 spiro atoms. The number of methoxy groups -OCH3 is 2. The van der Waals surface area contributed by atoms with E-state index in [9.17, 15) is 19.2 Å². The summed E-state index contributed by atoms with van der Waals surface area (Å²) in [7, 11) is 2.46. The molecule has 1 fully saturated rings. The minimum absolute atomic E-state index is 0.0451. The van der Waals surface area contributed by atoms with Gasteiger partial charge in [-0.15, -0.1) is 0 Å². The Morgan fingerprint density at radius 1 is 1.00 bits per heavy atom. The molecule has 2 amide bonds. The molecule has 1 aliphatic rings. The van der Waals surface area contributed by atoms with E-state index in [1.54, 1.807) is 4.90 Å². The molecule has 1 atom stereocenters. The molecule has 3 rings (SSSR count). The predicted octanol–water partition coefficient (Wildman–Crippen LogP) is 2.87. The molecule has 1 saturated heterocycles. The average molecular weight is 424 g/mol. The van der Waals surface area contributed by atoms with Crippen LogP contribution in [-0.2, 0) is 19.1 Å². The Balaban J connectivity index is 1.84. The molecule has 0 bridgehead atoms. The van der Waals surface area contributed by atoms with Crippen LogP contribution in [0.2, 0.25) is 0 Å². The van der Waals surface area contributed by atoms with Crippen molar-refractivity contribution < 1.29 is 28.7 Å². The van der Waals surface area contributed by atoms with Crippen LogP contribution in [0.3, 0.4) is 0 Å². The molecule has 1 unspecified atom stereocenters. The van der Waals surface area contributed by atoms with Crippen LogP contribution in [0.4, 0.5) is 11.4 Å². The van der Waals surface area contributed by atoms with Gasteiger partial charge in [-0.25, -0.2) is 9.59 Å². The fourth-order valence-corrected chi connectivity index (χ4v) is 3.54. The van der Waals surface area contributed by atoms with Gasteiger partial charge in [-0.1, -0.05) is 12.1 Å². The van der Waals surface area contributed by atoms with Crippen LogP contribution in [0.1, 0.15) is 38.3 Å². The summed E-state index contributed by atoms with van der Waals surface area (Å²) in [6.07, 6.45) is 0.0451. The van der Waals surface area contributed by atoms with Crippen molar-refractivity contribution in [1.29, 1.82) is 0 Å². The number of nitrogens with zero attached hydrogens (tertiary/aromatic N) is 1. The van der Waals surface area contributed by atoms with Crippen LogP contribution in [0.15, 0.2) is 36.4 Å². The van der Waals surface area contributed by atoms with Crippen LogP contribution in [0.25, 0.3) is 0 Å². The van der Waals surface area contributed by atoms with Gasteiger partial charge in [0.05, 0.1) is 37.0 Å². The Labute approximate surface area is 180 Å². The van der Waals surface area contributed by atoms with Gasteiger partial charge in [0.2, 0.25) is 11.8 Å². The number of carbonyl (C=O) groups excluding carboxylic acids is 4. The van der Waals surface area contributed by atoms with Gasteiger partial charge in [0.25, 0.3) is 0 Å². The summed E-state index contributed by atoms with van der Waals surface area (Å²) in [6, 6.07) is 9.97. The third-order valence-electron chi connectivity index (χ3n) is 5.26. The molecule has 0 aromatic heterocycles. The van der Waals surface area contributed by atoms with E-state index in [-0.39, 0.29) is 35.7 Å². The molecule has 0 radical (unpaired) electrons. The highest BCUT2D eigenvalue weighted by Gasteiger charge is 2.36. The fourth-order valence-electron chi connectivity index (χ4n) is 3.54. The van der Waals surface area contributed by atoms with E-state index in [2.05, 4.69) is 5.32 Å². The van der Waals surface area contributed by atoms with E-state index in [1.165, 1.54) is 32.4 Å². The molecule has 8 nitrogen and oxygen atoms in total. The maximum atomic E-state index is 12.9. The highest BCUT2D eigenvalue weighted by atomic mass is 16.5. The highest BCUT2D eigenvalue weighted by molar-refractivity contribution is 6.07. The van der Waals surface area contributed by atoms with Crippen molar-refractivity contribution in [1.82, 2.24) is 0 Å². The lowest BCUT2D eigenvalue weighted by atomic mass is 10.1. The van der Waals surface area contributed by atoms with Crippen LogP contribution < -0.4 is 10.2 Å². The third-order valence-corrected chi connectivity index (χ3v) is 5.26. The van der Waals surface area contributed by atoms with E-state index < -0.39 is 23.8 Å². The van der Waals surface area contributed by atoms with E-state index in [1.807, 2.05) is 32.0 Å². The Bertz CT molecular complexity index is 1060. The quantitative estimate of drug-likeness (QED) is 0.741. The van der Waals surface area contributed by atoms with Gasteiger partial charge in [-0.2, -0.15) is 0 Å². The molecule has 2 aromatic rings. The van der Waals surface area contributed by atoms with Crippen molar-refractivity contribution in [3.63, 3.8) is 0 Å². The lowest BCUT2D eigenvalue weighted by molar-refractivity contribution is -0.122. The monoisotopic (exact) mass is 424 g/mol. The maximum Gasteiger partial charge on any atom is 0.339 e. The van der Waals surface area contributed by atoms with Crippen LogP contribution in [0, 0.1) is 19.8 Å². The zero-order chi connectivity index (χ0) is 22.7. The first-order valence-corrected chi connectivity index (χ1v) is 9.74. The van der Waals surface area contributed by atoms with Crippen molar-refractivity contribution >= 4 is 35.1 Å². The molecular formula is C23H24N2O6. The normalized spacial score (nSPS) is 15.5. The molecule has 162 valence electrons. The summed E-state index contributed by atoms with van der Waals surface area (Å²) < 4.78 is 9.46. The Morgan fingerprint density at radius 3 is 2.39 bits per heavy atom. The number of aryl methyl sites for hydroxylation is 2. The van der Waals surface area contributed by atoms with E-state index in [4.69, 9.17) is 9.47 Å². The zero-order valence-electron chi connectivity index (χ0n) is 17.9. The summed E-state index contributed by atoms with van der Waals surface area (Å²) >= 11 is 0. The minimum Gasteiger partial charge on any atom is -0.465 e. The number of hydrogen-bond donors (Lipinski definition) is 1. The fraction of sp³-hybridized carbons (Fsp3) is 0.304. The van der Waals surface area contributed by atoms with Crippen molar-refractivity contribution in [2.24, 2.45) is 5.92 Å². The summed E-state index contributed by atoms with van der Waals surface area (Å²) in [4.78, 5) is 51.1. The number of amides is 2. The van der Waals surface area contributed by atoms with Gasteiger partial charge in [-0.3, -0.25) is 9.59 Å². The van der Waals surface area contributed by atoms with E-state index in [0.717, 1.165) is 16.8 Å². The van der Waals surface area contributed by atoms with Gasteiger partial charge in [0.15, 0.2) is 0 Å². The predicted molar refractivity (Wildman–Crippen MR) is 114 cm³/mol. The smallest absolute Gasteiger partial charge is 0.339 e. The van der Waals surface area contributed by atoms with Crippen LogP contribution >= 0.6 is 0 Å². The third kappa shape index (κ3) is 4.58. The molecule has 1 N–H and O–H groups in total. The number of ether oxygens (including phenoxy) is 2. The van der Waals surface area contributed by atoms with E-state index in [0.29, 0.717) is 0 Å². The molecular weight excluding hydrogens is 400 g/mol. The number of anilines is 2. The number of nitrogens with one attached hydrogen (secondary N) is 1. The summed E-state index contributed by atoms with van der Waals surface area (Å²) in [5.74, 6) is -2.45. The molecule has 2 aromatic carbocycles. The molecule has 1 heterocycles. The van der Waals surface area contributed by atoms with Gasteiger partial charge < -0.3 is 19.7 Å². The van der Waals surface area contributed by atoms with E-state index >= 15 is 0 Å². The SMILES string of the molecule is COC(=O)c1ccc(C(=O)OC)c(NC(=O)C2CC(=O)N(c3cc(C)ccc3C)C2)c1. The first kappa shape index (κ1) is 22.0. The molecule has 1 aliphatic heterocycles. The second-order valence-electron chi connectivity index (χ2n) is 7.43. The Hall–Kier alpha value is -3.68. The second kappa shape index (κ2) is 8.99. The van der Waals surface area contributed by atoms with Gasteiger partial charge in [0, 0.05) is 18.7 Å². The van der Waals surface area contributed by atoms with Crippen molar-refractivity contribution in [2.75, 3.05) is 31.0 Å². The highest BCUT2D eigenvalue weighted by Crippen LogP contribution is 2.30. The largest absolute Gasteiger partial charge is 0.465 e. The number of carbonyl (C=O) groups is 4. The average Bonchev–Trinajstić information content (AvgIpc) is 3.15. The minimum atomic E-state index is -0.661.